The van der Waals surface area contributed by atoms with Gasteiger partial charge in [-0.2, -0.15) is 0 Å². The normalized spacial score (nSPS) is 12.4. The van der Waals surface area contributed by atoms with Gasteiger partial charge in [0.25, 0.3) is 5.56 Å². The first-order valence-corrected chi connectivity index (χ1v) is 9.10. The highest BCUT2D eigenvalue weighted by molar-refractivity contribution is 5.90. The van der Waals surface area contributed by atoms with Crippen LogP contribution in [-0.4, -0.2) is 21.3 Å². The van der Waals surface area contributed by atoms with Crippen LogP contribution < -0.4 is 11.3 Å². The summed E-state index contributed by atoms with van der Waals surface area (Å²) in [5, 5.41) is 10.2. The van der Waals surface area contributed by atoms with Crippen molar-refractivity contribution in [3.8, 4) is 11.4 Å². The molecule has 0 bridgehead atoms. The van der Waals surface area contributed by atoms with Crippen LogP contribution in [0.1, 0.15) is 35.6 Å². The Morgan fingerprint density at radius 3 is 2.85 bits per heavy atom. The molecule has 2 aromatic heterocycles. The Kier molecular flexibility index (Phi) is 4.04. The van der Waals surface area contributed by atoms with Gasteiger partial charge in [0.15, 0.2) is 0 Å². The van der Waals surface area contributed by atoms with E-state index in [4.69, 9.17) is 15.8 Å². The Labute approximate surface area is 152 Å². The van der Waals surface area contributed by atoms with E-state index in [1.165, 1.54) is 5.56 Å². The van der Waals surface area contributed by atoms with Crippen LogP contribution >= 0.6 is 0 Å². The third kappa shape index (κ3) is 2.42. The SMILES string of the molecule is CCc1c2c(nc3ccc(N)cc13)-c1cc(CCCO)c(C)c(=O)n1C2. The van der Waals surface area contributed by atoms with Gasteiger partial charge in [0, 0.05) is 28.8 Å². The van der Waals surface area contributed by atoms with Crippen LogP contribution in [0, 0.1) is 6.92 Å². The molecule has 0 aliphatic carbocycles. The van der Waals surface area contributed by atoms with E-state index in [2.05, 4.69) is 13.0 Å². The molecule has 0 radical (unpaired) electrons. The lowest BCUT2D eigenvalue weighted by Crippen LogP contribution is -2.23. The van der Waals surface area contributed by atoms with Crippen molar-refractivity contribution in [2.45, 2.75) is 39.7 Å². The molecule has 0 spiro atoms. The van der Waals surface area contributed by atoms with Gasteiger partial charge in [-0.3, -0.25) is 4.79 Å². The average Bonchev–Trinajstić information content (AvgIpc) is 3.00. The van der Waals surface area contributed by atoms with Gasteiger partial charge in [-0.25, -0.2) is 4.98 Å². The summed E-state index contributed by atoms with van der Waals surface area (Å²) in [6, 6.07) is 7.87. The van der Waals surface area contributed by atoms with Gasteiger partial charge in [-0.1, -0.05) is 6.92 Å². The van der Waals surface area contributed by atoms with E-state index in [1.54, 1.807) is 0 Å². The molecule has 3 aromatic rings. The highest BCUT2D eigenvalue weighted by Gasteiger charge is 2.26. The second-order valence-electron chi connectivity index (χ2n) is 6.95. The van der Waals surface area contributed by atoms with Gasteiger partial charge in [0.05, 0.1) is 23.4 Å². The lowest BCUT2D eigenvalue weighted by Gasteiger charge is -2.11. The van der Waals surface area contributed by atoms with Gasteiger partial charge in [-0.15, -0.1) is 0 Å². The van der Waals surface area contributed by atoms with Crippen molar-refractivity contribution in [3.63, 3.8) is 0 Å². The number of aliphatic hydroxyl groups excluding tert-OH is 1. The number of aromatic nitrogens is 2. The molecule has 26 heavy (non-hydrogen) atoms. The van der Waals surface area contributed by atoms with Crippen LogP contribution in [0.15, 0.2) is 29.1 Å². The largest absolute Gasteiger partial charge is 0.399 e. The standard InChI is InChI=1S/C21H23N3O2/c1-3-15-16-10-14(22)6-7-18(16)23-20-17(15)11-24-19(20)9-13(5-4-8-25)12(2)21(24)26/h6-7,9-10,25H,3-5,8,11,22H2,1-2H3. The Bertz CT molecular complexity index is 1080. The van der Waals surface area contributed by atoms with E-state index in [1.807, 2.05) is 29.7 Å². The maximum absolute atomic E-state index is 12.9. The first kappa shape index (κ1) is 16.8. The van der Waals surface area contributed by atoms with E-state index >= 15 is 0 Å². The Balaban J connectivity index is 1.99. The molecule has 1 aliphatic rings. The zero-order chi connectivity index (χ0) is 18.4. The van der Waals surface area contributed by atoms with Crippen LogP contribution in [0.5, 0.6) is 0 Å². The fourth-order valence-corrected chi connectivity index (χ4v) is 4.01. The van der Waals surface area contributed by atoms with E-state index in [0.29, 0.717) is 19.4 Å². The van der Waals surface area contributed by atoms with E-state index in [-0.39, 0.29) is 12.2 Å². The summed E-state index contributed by atoms with van der Waals surface area (Å²) < 4.78 is 1.83. The molecule has 5 nitrogen and oxygen atoms in total. The molecule has 0 saturated heterocycles. The fourth-order valence-electron chi connectivity index (χ4n) is 4.01. The molecule has 0 saturated carbocycles. The van der Waals surface area contributed by atoms with Crippen molar-refractivity contribution in [3.05, 3.63) is 56.9 Å². The molecule has 5 heteroatoms. The van der Waals surface area contributed by atoms with Gasteiger partial charge in [0.1, 0.15) is 0 Å². The van der Waals surface area contributed by atoms with Gasteiger partial charge in [0.2, 0.25) is 0 Å². The zero-order valence-corrected chi connectivity index (χ0v) is 15.2. The molecule has 134 valence electrons. The number of pyridine rings is 2. The molecular formula is C21H23N3O2. The smallest absolute Gasteiger partial charge is 0.254 e. The summed E-state index contributed by atoms with van der Waals surface area (Å²) in [5.41, 5.74) is 13.6. The van der Waals surface area contributed by atoms with Crippen LogP contribution in [-0.2, 0) is 19.4 Å². The van der Waals surface area contributed by atoms with Crippen molar-refractivity contribution in [2.24, 2.45) is 0 Å². The molecule has 3 heterocycles. The van der Waals surface area contributed by atoms with E-state index in [9.17, 15) is 4.79 Å². The highest BCUT2D eigenvalue weighted by atomic mass is 16.2. The van der Waals surface area contributed by atoms with Crippen molar-refractivity contribution in [1.29, 1.82) is 0 Å². The minimum Gasteiger partial charge on any atom is -0.399 e. The number of benzene rings is 1. The second-order valence-corrected chi connectivity index (χ2v) is 6.95. The minimum absolute atomic E-state index is 0.0408. The number of hydrogen-bond acceptors (Lipinski definition) is 4. The maximum Gasteiger partial charge on any atom is 0.254 e. The number of anilines is 1. The maximum atomic E-state index is 12.9. The van der Waals surface area contributed by atoms with E-state index in [0.717, 1.165) is 51.1 Å². The number of fused-ring (bicyclic) bond motifs is 4. The fraction of sp³-hybridized carbons (Fsp3) is 0.333. The van der Waals surface area contributed by atoms with Crippen molar-refractivity contribution in [1.82, 2.24) is 9.55 Å². The first-order valence-electron chi connectivity index (χ1n) is 9.10. The van der Waals surface area contributed by atoms with Gasteiger partial charge >= 0.3 is 0 Å². The quantitative estimate of drug-likeness (QED) is 0.555. The molecule has 0 atom stereocenters. The number of nitrogen functional groups attached to an aromatic ring is 1. The minimum atomic E-state index is 0.0408. The number of hydrogen-bond donors (Lipinski definition) is 2. The molecule has 1 aliphatic heterocycles. The summed E-state index contributed by atoms with van der Waals surface area (Å²) in [6.45, 7) is 4.68. The van der Waals surface area contributed by atoms with Crippen LogP contribution in [0.4, 0.5) is 5.69 Å². The summed E-state index contributed by atoms with van der Waals surface area (Å²) in [7, 11) is 0. The lowest BCUT2D eigenvalue weighted by atomic mass is 9.98. The number of aliphatic hydroxyl groups is 1. The summed E-state index contributed by atoms with van der Waals surface area (Å²) >= 11 is 0. The summed E-state index contributed by atoms with van der Waals surface area (Å²) in [6.07, 6.45) is 2.22. The monoisotopic (exact) mass is 349 g/mol. The Hall–Kier alpha value is -2.66. The third-order valence-corrected chi connectivity index (χ3v) is 5.39. The van der Waals surface area contributed by atoms with Crippen LogP contribution in [0.3, 0.4) is 0 Å². The number of nitrogens with zero attached hydrogens (tertiary/aromatic N) is 2. The molecular weight excluding hydrogens is 326 g/mol. The summed E-state index contributed by atoms with van der Waals surface area (Å²) in [5.74, 6) is 0. The van der Waals surface area contributed by atoms with Crippen molar-refractivity contribution < 1.29 is 5.11 Å². The first-order chi connectivity index (χ1) is 12.5. The zero-order valence-electron chi connectivity index (χ0n) is 15.2. The predicted octanol–water partition coefficient (Wildman–Crippen LogP) is 2.80. The van der Waals surface area contributed by atoms with Gasteiger partial charge < -0.3 is 15.4 Å². The molecule has 0 amide bonds. The molecule has 0 fully saturated rings. The number of nitrogens with two attached hydrogens (primary N) is 1. The lowest BCUT2D eigenvalue weighted by molar-refractivity contribution is 0.288. The van der Waals surface area contributed by atoms with Crippen LogP contribution in [0.2, 0.25) is 0 Å². The van der Waals surface area contributed by atoms with Crippen molar-refractivity contribution >= 4 is 16.6 Å². The molecule has 1 aromatic carbocycles. The summed E-state index contributed by atoms with van der Waals surface area (Å²) in [4.78, 5) is 17.8. The Morgan fingerprint density at radius 2 is 2.12 bits per heavy atom. The van der Waals surface area contributed by atoms with E-state index < -0.39 is 0 Å². The molecule has 0 unspecified atom stereocenters. The molecule has 3 N–H and O–H groups in total. The van der Waals surface area contributed by atoms with Gasteiger partial charge in [-0.05, 0) is 61.6 Å². The predicted molar refractivity (Wildman–Crippen MR) is 104 cm³/mol. The van der Waals surface area contributed by atoms with Crippen molar-refractivity contribution in [2.75, 3.05) is 12.3 Å². The third-order valence-electron chi connectivity index (χ3n) is 5.39. The van der Waals surface area contributed by atoms with Crippen LogP contribution in [0.25, 0.3) is 22.3 Å². The topological polar surface area (TPSA) is 81.1 Å². The molecule has 4 rings (SSSR count). The number of rotatable bonds is 4. The highest BCUT2D eigenvalue weighted by Crippen LogP contribution is 2.36. The average molecular weight is 349 g/mol. The second kappa shape index (κ2) is 6.25. The Morgan fingerprint density at radius 1 is 1.31 bits per heavy atom. The number of aryl methyl sites for hydroxylation is 2.